The van der Waals surface area contributed by atoms with Crippen molar-refractivity contribution in [3.05, 3.63) is 29.0 Å². The molecule has 2 N–H and O–H groups in total. The molecule has 0 radical (unpaired) electrons. The molecule has 0 spiro atoms. The summed E-state index contributed by atoms with van der Waals surface area (Å²) in [5, 5.41) is 6.78. The third-order valence-electron chi connectivity index (χ3n) is 3.91. The van der Waals surface area contributed by atoms with E-state index in [1.165, 1.54) is 0 Å². The second-order valence-corrected chi connectivity index (χ2v) is 7.68. The molecule has 7 nitrogen and oxygen atoms in total. The lowest BCUT2D eigenvalue weighted by molar-refractivity contribution is 0.0507. The Kier molecular flexibility index (Phi) is 7.08. The van der Waals surface area contributed by atoms with Crippen molar-refractivity contribution in [3.8, 4) is 0 Å². The first kappa shape index (κ1) is 20.3. The van der Waals surface area contributed by atoms with Crippen molar-refractivity contribution >= 4 is 23.7 Å². The number of amides is 1. The number of pyridine rings is 1. The Bertz CT molecular complexity index is 627. The van der Waals surface area contributed by atoms with Gasteiger partial charge >= 0.3 is 6.09 Å². The number of hydrogen-bond donors (Lipinski definition) is 2. The van der Waals surface area contributed by atoms with E-state index in [1.54, 1.807) is 19.3 Å². The van der Waals surface area contributed by atoms with Crippen LogP contribution in [0.5, 0.6) is 0 Å². The number of carbonyl (C=O) groups is 1. The standard InChI is InChI=1S/C18H28ClN5O2/c1-18(2,3)26-17(25)23-14-8-10-24(12-14)16(20-4)21-9-7-13-5-6-15(19)22-11-13/h5-6,11,14H,7-10,12H2,1-4H3,(H,20,21)(H,23,25)/t14-/m1/s1. The van der Waals surface area contributed by atoms with E-state index in [1.807, 2.05) is 26.8 Å². The Balaban J connectivity index is 1.76. The van der Waals surface area contributed by atoms with E-state index in [9.17, 15) is 4.79 Å². The highest BCUT2D eigenvalue weighted by molar-refractivity contribution is 6.29. The molecule has 26 heavy (non-hydrogen) atoms. The van der Waals surface area contributed by atoms with Gasteiger partial charge < -0.3 is 20.3 Å². The second kappa shape index (κ2) is 9.07. The zero-order valence-electron chi connectivity index (χ0n) is 15.9. The third kappa shape index (κ3) is 6.71. The molecule has 1 aromatic rings. The Hall–Kier alpha value is -2.02. The number of likely N-dealkylation sites (tertiary alicyclic amines) is 1. The average molecular weight is 382 g/mol. The van der Waals surface area contributed by atoms with Gasteiger partial charge in [0.2, 0.25) is 0 Å². The van der Waals surface area contributed by atoms with E-state index in [-0.39, 0.29) is 12.1 Å². The van der Waals surface area contributed by atoms with Gasteiger partial charge in [0.1, 0.15) is 10.8 Å². The summed E-state index contributed by atoms with van der Waals surface area (Å²) in [5.74, 6) is 0.834. The number of carbonyl (C=O) groups excluding carboxylic acids is 1. The number of hydrogen-bond acceptors (Lipinski definition) is 4. The molecule has 0 aromatic carbocycles. The second-order valence-electron chi connectivity index (χ2n) is 7.29. The largest absolute Gasteiger partial charge is 0.444 e. The van der Waals surface area contributed by atoms with E-state index >= 15 is 0 Å². The smallest absolute Gasteiger partial charge is 0.407 e. The molecule has 0 aliphatic carbocycles. The molecular weight excluding hydrogens is 354 g/mol. The van der Waals surface area contributed by atoms with Gasteiger partial charge in [0.15, 0.2) is 5.96 Å². The molecule has 144 valence electrons. The number of nitrogens with one attached hydrogen (secondary N) is 2. The lowest BCUT2D eigenvalue weighted by Crippen LogP contribution is -2.44. The van der Waals surface area contributed by atoms with E-state index in [4.69, 9.17) is 16.3 Å². The van der Waals surface area contributed by atoms with Gasteiger partial charge in [-0.15, -0.1) is 0 Å². The fourth-order valence-electron chi connectivity index (χ4n) is 2.75. The molecule has 1 aliphatic heterocycles. The minimum atomic E-state index is -0.490. The minimum Gasteiger partial charge on any atom is -0.444 e. The summed E-state index contributed by atoms with van der Waals surface area (Å²) in [6, 6.07) is 3.82. The molecule has 0 unspecified atom stereocenters. The summed E-state index contributed by atoms with van der Waals surface area (Å²) < 4.78 is 5.31. The predicted octanol–water partition coefficient (Wildman–Crippen LogP) is 2.45. The average Bonchev–Trinajstić information content (AvgIpc) is 2.99. The third-order valence-corrected chi connectivity index (χ3v) is 4.13. The summed E-state index contributed by atoms with van der Waals surface area (Å²) in [4.78, 5) is 22.5. The Morgan fingerprint density at radius 3 is 2.85 bits per heavy atom. The van der Waals surface area contributed by atoms with Crippen LogP contribution < -0.4 is 10.6 Å². The number of rotatable bonds is 4. The van der Waals surface area contributed by atoms with Crippen LogP contribution in [-0.4, -0.2) is 60.3 Å². The molecule has 0 saturated carbocycles. The van der Waals surface area contributed by atoms with Crippen molar-refractivity contribution in [2.75, 3.05) is 26.7 Å². The van der Waals surface area contributed by atoms with Gasteiger partial charge in [-0.3, -0.25) is 4.99 Å². The molecule has 1 aliphatic rings. The molecule has 1 atom stereocenters. The van der Waals surface area contributed by atoms with Crippen LogP contribution in [0.1, 0.15) is 32.8 Å². The number of ether oxygens (including phenoxy) is 1. The van der Waals surface area contributed by atoms with Crippen LogP contribution in [0.2, 0.25) is 5.15 Å². The summed E-state index contributed by atoms with van der Waals surface area (Å²) in [6.45, 7) is 7.86. The fourth-order valence-corrected chi connectivity index (χ4v) is 2.86. The summed E-state index contributed by atoms with van der Waals surface area (Å²) in [5.41, 5.74) is 0.625. The van der Waals surface area contributed by atoms with Crippen LogP contribution in [-0.2, 0) is 11.2 Å². The van der Waals surface area contributed by atoms with Crippen LogP contribution >= 0.6 is 11.6 Å². The molecule has 1 saturated heterocycles. The number of nitrogens with zero attached hydrogens (tertiary/aromatic N) is 3. The van der Waals surface area contributed by atoms with Gasteiger partial charge in [-0.05, 0) is 45.2 Å². The van der Waals surface area contributed by atoms with Gasteiger partial charge in [-0.2, -0.15) is 0 Å². The molecule has 1 fully saturated rings. The predicted molar refractivity (Wildman–Crippen MR) is 104 cm³/mol. The van der Waals surface area contributed by atoms with Crippen molar-refractivity contribution in [3.63, 3.8) is 0 Å². The van der Waals surface area contributed by atoms with Crippen LogP contribution in [0, 0.1) is 0 Å². The van der Waals surface area contributed by atoms with E-state index in [0.717, 1.165) is 37.5 Å². The molecule has 2 heterocycles. The Morgan fingerprint density at radius 2 is 2.23 bits per heavy atom. The summed E-state index contributed by atoms with van der Waals surface area (Å²) >= 11 is 5.80. The number of guanidine groups is 1. The highest BCUT2D eigenvalue weighted by Crippen LogP contribution is 2.12. The van der Waals surface area contributed by atoms with Crippen LogP contribution in [0.4, 0.5) is 4.79 Å². The van der Waals surface area contributed by atoms with E-state index in [0.29, 0.717) is 11.7 Å². The van der Waals surface area contributed by atoms with Gasteiger partial charge in [0, 0.05) is 32.9 Å². The first-order valence-electron chi connectivity index (χ1n) is 8.82. The van der Waals surface area contributed by atoms with Gasteiger partial charge in [0.25, 0.3) is 0 Å². The maximum absolute atomic E-state index is 11.9. The zero-order valence-corrected chi connectivity index (χ0v) is 16.6. The molecule has 2 rings (SSSR count). The van der Waals surface area contributed by atoms with Crippen molar-refractivity contribution < 1.29 is 9.53 Å². The van der Waals surface area contributed by atoms with Crippen molar-refractivity contribution in [1.82, 2.24) is 20.5 Å². The number of aliphatic imine (C=N–C) groups is 1. The first-order valence-corrected chi connectivity index (χ1v) is 9.20. The van der Waals surface area contributed by atoms with Gasteiger partial charge in [-0.25, -0.2) is 9.78 Å². The first-order chi connectivity index (χ1) is 12.3. The quantitative estimate of drug-likeness (QED) is 0.476. The topological polar surface area (TPSA) is 78.9 Å². The molecule has 8 heteroatoms. The maximum atomic E-state index is 11.9. The van der Waals surface area contributed by atoms with Crippen molar-refractivity contribution in [1.29, 1.82) is 0 Å². The lowest BCUT2D eigenvalue weighted by Gasteiger charge is -2.23. The molecule has 0 bridgehead atoms. The lowest BCUT2D eigenvalue weighted by atomic mass is 10.2. The molecule has 1 amide bonds. The van der Waals surface area contributed by atoms with Crippen LogP contribution in [0.15, 0.2) is 23.3 Å². The van der Waals surface area contributed by atoms with E-state index in [2.05, 4.69) is 25.5 Å². The molecular formula is C18H28ClN5O2. The minimum absolute atomic E-state index is 0.0591. The highest BCUT2D eigenvalue weighted by atomic mass is 35.5. The van der Waals surface area contributed by atoms with E-state index < -0.39 is 5.60 Å². The number of halogens is 1. The highest BCUT2D eigenvalue weighted by Gasteiger charge is 2.27. The fraction of sp³-hybridized carbons (Fsp3) is 0.611. The SMILES string of the molecule is CN=C(NCCc1ccc(Cl)nc1)N1CC[C@@H](NC(=O)OC(C)(C)C)C1. The van der Waals surface area contributed by atoms with Crippen molar-refractivity contribution in [2.45, 2.75) is 45.3 Å². The summed E-state index contributed by atoms with van der Waals surface area (Å²) in [7, 11) is 1.76. The number of alkyl carbamates (subject to hydrolysis) is 1. The Labute approximate surface area is 160 Å². The normalized spacial score (nSPS) is 18.0. The summed E-state index contributed by atoms with van der Waals surface area (Å²) in [6.07, 6.45) is 3.10. The monoisotopic (exact) mass is 381 g/mol. The van der Waals surface area contributed by atoms with Crippen LogP contribution in [0.25, 0.3) is 0 Å². The Morgan fingerprint density at radius 1 is 1.46 bits per heavy atom. The van der Waals surface area contributed by atoms with Gasteiger partial charge in [-0.1, -0.05) is 17.7 Å². The van der Waals surface area contributed by atoms with Crippen molar-refractivity contribution in [2.24, 2.45) is 4.99 Å². The maximum Gasteiger partial charge on any atom is 0.407 e. The van der Waals surface area contributed by atoms with Gasteiger partial charge in [0.05, 0.1) is 6.04 Å². The molecule has 1 aromatic heterocycles. The number of aromatic nitrogens is 1. The van der Waals surface area contributed by atoms with Crippen LogP contribution in [0.3, 0.4) is 0 Å². The zero-order chi connectivity index (χ0) is 19.2.